The van der Waals surface area contributed by atoms with Crippen molar-refractivity contribution in [1.82, 2.24) is 0 Å². The molecule has 1 saturated carbocycles. The molecule has 2 rings (SSSR count). The first-order valence-electron chi connectivity index (χ1n) is 5.85. The van der Waals surface area contributed by atoms with Crippen molar-refractivity contribution in [2.45, 2.75) is 44.8 Å². The third-order valence-corrected chi connectivity index (χ3v) is 3.57. The van der Waals surface area contributed by atoms with Crippen molar-refractivity contribution in [3.63, 3.8) is 0 Å². The number of nitrogens with one attached hydrogen (secondary N) is 1. The Labute approximate surface area is 105 Å². The molecule has 0 unspecified atom stereocenters. The van der Waals surface area contributed by atoms with E-state index in [1.54, 1.807) is 0 Å². The van der Waals surface area contributed by atoms with Crippen LogP contribution < -0.4 is 5.32 Å². The molecular weight excluding hydrogens is 266 g/mol. The Hall–Kier alpha value is -0.540. The van der Waals surface area contributed by atoms with Gasteiger partial charge in [0.1, 0.15) is 0 Å². The summed E-state index contributed by atoms with van der Waals surface area (Å²) in [5.74, 6) is 0. The predicted octanol–water partition coefficient (Wildman–Crippen LogP) is 3.47. The van der Waals surface area contributed by atoms with Gasteiger partial charge in [-0.15, -0.1) is 0 Å². The SMILES string of the molecule is Cc1cc(Br)cc(NC2CCC(O)CC2)c1. The van der Waals surface area contributed by atoms with E-state index in [-0.39, 0.29) is 6.10 Å². The van der Waals surface area contributed by atoms with Crippen molar-refractivity contribution in [1.29, 1.82) is 0 Å². The number of halogens is 1. The summed E-state index contributed by atoms with van der Waals surface area (Å²) in [5, 5.41) is 13.0. The van der Waals surface area contributed by atoms with Crippen LogP contribution in [0.3, 0.4) is 0 Å². The normalized spacial score (nSPS) is 25.4. The van der Waals surface area contributed by atoms with Crippen molar-refractivity contribution < 1.29 is 5.11 Å². The van der Waals surface area contributed by atoms with E-state index in [1.165, 1.54) is 11.3 Å². The number of aryl methyl sites for hydroxylation is 1. The smallest absolute Gasteiger partial charge is 0.0541 e. The molecule has 2 nitrogen and oxygen atoms in total. The van der Waals surface area contributed by atoms with E-state index in [9.17, 15) is 5.11 Å². The monoisotopic (exact) mass is 283 g/mol. The van der Waals surface area contributed by atoms with E-state index in [0.717, 1.165) is 30.2 Å². The zero-order valence-electron chi connectivity index (χ0n) is 9.54. The summed E-state index contributed by atoms with van der Waals surface area (Å²) in [6.45, 7) is 2.10. The summed E-state index contributed by atoms with van der Waals surface area (Å²) in [5.41, 5.74) is 2.43. The fourth-order valence-electron chi connectivity index (χ4n) is 2.28. The molecule has 88 valence electrons. The predicted molar refractivity (Wildman–Crippen MR) is 70.8 cm³/mol. The first-order valence-corrected chi connectivity index (χ1v) is 6.64. The van der Waals surface area contributed by atoms with E-state index in [2.05, 4.69) is 46.4 Å². The highest BCUT2D eigenvalue weighted by Gasteiger charge is 2.18. The van der Waals surface area contributed by atoms with Crippen molar-refractivity contribution in [2.75, 3.05) is 5.32 Å². The Kier molecular flexibility index (Phi) is 3.87. The van der Waals surface area contributed by atoms with Gasteiger partial charge in [0.15, 0.2) is 0 Å². The summed E-state index contributed by atoms with van der Waals surface area (Å²) in [6.07, 6.45) is 3.89. The van der Waals surface area contributed by atoms with Gasteiger partial charge in [0.05, 0.1) is 6.10 Å². The van der Waals surface area contributed by atoms with Crippen LogP contribution in [0.15, 0.2) is 22.7 Å². The van der Waals surface area contributed by atoms with Crippen LogP contribution in [-0.2, 0) is 0 Å². The largest absolute Gasteiger partial charge is 0.393 e. The van der Waals surface area contributed by atoms with Gasteiger partial charge in [-0.05, 0) is 56.4 Å². The molecule has 0 atom stereocenters. The maximum atomic E-state index is 9.45. The minimum Gasteiger partial charge on any atom is -0.393 e. The molecule has 16 heavy (non-hydrogen) atoms. The average molecular weight is 284 g/mol. The van der Waals surface area contributed by atoms with Crippen molar-refractivity contribution in [3.8, 4) is 0 Å². The molecule has 1 fully saturated rings. The maximum Gasteiger partial charge on any atom is 0.0541 e. The second-order valence-electron chi connectivity index (χ2n) is 4.67. The third-order valence-electron chi connectivity index (χ3n) is 3.11. The lowest BCUT2D eigenvalue weighted by molar-refractivity contribution is 0.126. The first kappa shape index (κ1) is 11.9. The van der Waals surface area contributed by atoms with Crippen LogP contribution in [0, 0.1) is 6.92 Å². The van der Waals surface area contributed by atoms with Crippen LogP contribution in [0.4, 0.5) is 5.69 Å². The molecule has 0 spiro atoms. The molecule has 0 heterocycles. The average Bonchev–Trinajstić information content (AvgIpc) is 2.20. The van der Waals surface area contributed by atoms with Gasteiger partial charge >= 0.3 is 0 Å². The number of hydrogen-bond donors (Lipinski definition) is 2. The molecule has 2 N–H and O–H groups in total. The Bertz CT molecular complexity index is 339. The summed E-state index contributed by atoms with van der Waals surface area (Å²) < 4.78 is 1.12. The molecule has 0 saturated heterocycles. The van der Waals surface area contributed by atoms with Gasteiger partial charge in [-0.2, -0.15) is 0 Å². The number of anilines is 1. The number of hydrogen-bond acceptors (Lipinski definition) is 2. The molecule has 3 heteroatoms. The molecule has 0 radical (unpaired) electrons. The maximum absolute atomic E-state index is 9.45. The van der Waals surface area contributed by atoms with Crippen molar-refractivity contribution in [2.24, 2.45) is 0 Å². The van der Waals surface area contributed by atoms with E-state index >= 15 is 0 Å². The Balaban J connectivity index is 1.98. The number of aliphatic hydroxyl groups is 1. The number of aliphatic hydroxyl groups excluding tert-OH is 1. The quantitative estimate of drug-likeness (QED) is 0.871. The molecule has 1 aliphatic carbocycles. The standard InChI is InChI=1S/C13H18BrNO/c1-9-6-10(14)8-12(7-9)15-11-2-4-13(16)5-3-11/h6-8,11,13,15-16H,2-5H2,1H3. The number of rotatable bonds is 2. The van der Waals surface area contributed by atoms with Crippen LogP contribution in [0.5, 0.6) is 0 Å². The van der Waals surface area contributed by atoms with Gasteiger partial charge in [-0.1, -0.05) is 15.9 Å². The topological polar surface area (TPSA) is 32.3 Å². The van der Waals surface area contributed by atoms with Crippen LogP contribution in [0.25, 0.3) is 0 Å². The van der Waals surface area contributed by atoms with Crippen LogP contribution in [0.1, 0.15) is 31.2 Å². The lowest BCUT2D eigenvalue weighted by atomic mass is 9.93. The molecule has 0 aromatic heterocycles. The van der Waals surface area contributed by atoms with Crippen LogP contribution >= 0.6 is 15.9 Å². The zero-order valence-corrected chi connectivity index (χ0v) is 11.1. The van der Waals surface area contributed by atoms with Gasteiger partial charge in [-0.25, -0.2) is 0 Å². The van der Waals surface area contributed by atoms with Gasteiger partial charge in [0.25, 0.3) is 0 Å². The second kappa shape index (κ2) is 5.19. The summed E-state index contributed by atoms with van der Waals surface area (Å²) in [7, 11) is 0. The molecule has 1 aliphatic rings. The van der Waals surface area contributed by atoms with Crippen molar-refractivity contribution in [3.05, 3.63) is 28.2 Å². The molecule has 1 aromatic rings. The highest BCUT2D eigenvalue weighted by molar-refractivity contribution is 9.10. The molecule has 0 bridgehead atoms. The molecule has 0 aliphatic heterocycles. The van der Waals surface area contributed by atoms with E-state index in [0.29, 0.717) is 6.04 Å². The fraction of sp³-hybridized carbons (Fsp3) is 0.538. The van der Waals surface area contributed by atoms with E-state index < -0.39 is 0 Å². The third kappa shape index (κ3) is 3.22. The van der Waals surface area contributed by atoms with Gasteiger partial charge in [0.2, 0.25) is 0 Å². The highest BCUT2D eigenvalue weighted by atomic mass is 79.9. The van der Waals surface area contributed by atoms with Crippen molar-refractivity contribution >= 4 is 21.6 Å². The first-order chi connectivity index (χ1) is 7.63. The Morgan fingerprint density at radius 2 is 1.88 bits per heavy atom. The Morgan fingerprint density at radius 3 is 2.50 bits per heavy atom. The molecule has 0 amide bonds. The summed E-state index contributed by atoms with van der Waals surface area (Å²) in [4.78, 5) is 0. The molecule has 1 aromatic carbocycles. The van der Waals surface area contributed by atoms with E-state index in [1.807, 2.05) is 0 Å². The van der Waals surface area contributed by atoms with Crippen LogP contribution in [0.2, 0.25) is 0 Å². The fourth-order valence-corrected chi connectivity index (χ4v) is 2.88. The lowest BCUT2D eigenvalue weighted by Gasteiger charge is -2.27. The van der Waals surface area contributed by atoms with Gasteiger partial charge in [-0.3, -0.25) is 0 Å². The van der Waals surface area contributed by atoms with Gasteiger partial charge < -0.3 is 10.4 Å². The number of benzene rings is 1. The summed E-state index contributed by atoms with van der Waals surface area (Å²) in [6, 6.07) is 6.89. The van der Waals surface area contributed by atoms with Gasteiger partial charge in [0, 0.05) is 16.2 Å². The minimum absolute atomic E-state index is 0.0812. The van der Waals surface area contributed by atoms with E-state index in [4.69, 9.17) is 0 Å². The highest BCUT2D eigenvalue weighted by Crippen LogP contribution is 2.24. The second-order valence-corrected chi connectivity index (χ2v) is 5.58. The lowest BCUT2D eigenvalue weighted by Crippen LogP contribution is -2.28. The van der Waals surface area contributed by atoms with Crippen LogP contribution in [-0.4, -0.2) is 17.3 Å². The Morgan fingerprint density at radius 1 is 1.19 bits per heavy atom. The zero-order chi connectivity index (χ0) is 11.5. The summed E-state index contributed by atoms with van der Waals surface area (Å²) >= 11 is 3.51. The molecular formula is C13H18BrNO. The minimum atomic E-state index is -0.0812.